The van der Waals surface area contributed by atoms with Crippen LogP contribution in [0.15, 0.2) is 47.1 Å². The first-order valence-electron chi connectivity index (χ1n) is 29.1. The molecule has 16 atom stereocenters. The topological polar surface area (TPSA) is 172 Å². The van der Waals surface area contributed by atoms with E-state index in [1.54, 1.807) is 0 Å². The number of ether oxygens (including phenoxy) is 3. The smallest absolute Gasteiger partial charge is 0.407 e. The Hall–Kier alpha value is -4.18. The Morgan fingerprint density at radius 2 is 1.69 bits per heavy atom. The minimum Gasteiger partial charge on any atom is -0.481 e. The summed E-state index contributed by atoms with van der Waals surface area (Å²) in [5.41, 5.74) is 4.11. The molecule has 12 heteroatoms. The van der Waals surface area contributed by atoms with Gasteiger partial charge in [0.1, 0.15) is 17.3 Å². The molecule has 0 bridgehead atoms. The van der Waals surface area contributed by atoms with Crippen LogP contribution >= 0.6 is 0 Å². The number of esters is 1. The summed E-state index contributed by atoms with van der Waals surface area (Å²) in [5.74, 6) is 7.41. The van der Waals surface area contributed by atoms with Gasteiger partial charge in [-0.15, -0.1) is 5.92 Å². The summed E-state index contributed by atoms with van der Waals surface area (Å²) in [7, 11) is 2.12. The van der Waals surface area contributed by atoms with Crippen LogP contribution < -0.4 is 10.2 Å². The largest absolute Gasteiger partial charge is 0.481 e. The third-order valence-corrected chi connectivity index (χ3v) is 21.5. The number of anilines is 1. The van der Waals surface area contributed by atoms with E-state index in [1.807, 2.05) is 33.8 Å². The van der Waals surface area contributed by atoms with Gasteiger partial charge in [-0.2, -0.15) is 0 Å². The summed E-state index contributed by atoms with van der Waals surface area (Å²) in [4.78, 5) is 52.7. The lowest BCUT2D eigenvalue weighted by molar-refractivity contribution is -0.219. The zero-order valence-corrected chi connectivity index (χ0v) is 46.8. The number of allylic oxidation sites excluding steroid dienone is 4. The number of ketones is 1. The van der Waals surface area contributed by atoms with E-state index >= 15 is 0 Å². The molecule has 0 aliphatic heterocycles. The number of aliphatic hydroxyl groups is 2. The molecule has 412 valence electrons. The van der Waals surface area contributed by atoms with Crippen LogP contribution in [0.3, 0.4) is 0 Å². The lowest BCUT2D eigenvalue weighted by atomic mass is 9.43. The highest BCUT2D eigenvalue weighted by Crippen LogP contribution is 2.70. The average Bonchev–Trinajstić information content (AvgIpc) is 3.85. The Kier molecular flexibility index (Phi) is 16.0. The lowest BCUT2D eigenvalue weighted by Gasteiger charge is -2.64. The predicted octanol–water partition coefficient (Wildman–Crippen LogP) is 11.1. The van der Waals surface area contributed by atoms with E-state index in [2.05, 4.69) is 81.1 Å². The standard InChI is InChI=1S/C63H90N2O10/c1-10-27-63(72)29-26-49-46-20-16-40-33-43(66)19-21-45(40)56(46)47(37-61(49,63)7)39-14-17-42(18-15-39)65(9)31-32-73-44-25-28-60(6)41(34-44)35-52(74-55(70)12-11-30-64-58(71)75-59(3,4)5)57-50-23-22-48(38(2)13-24-54(68)69)62(50,8)53(67)36-51(57)60/h14-15,17-18,33,38,41,44,46-53,57,67,72H,11-13,16,19-26,28-32,34-37H2,1-9H3,(H,64,71)(H,68,69)/t38-,41+,44+,46+,47-,48-,49+,50+,51+,52-,53+,57+,60+,61+,62-,63-/m1/s1. The number of likely N-dealkylation sites (N-methyl/N-ethyl adjacent to an activating group) is 1. The minimum atomic E-state index is -1.01. The van der Waals surface area contributed by atoms with Crippen molar-refractivity contribution in [2.75, 3.05) is 31.6 Å². The summed E-state index contributed by atoms with van der Waals surface area (Å²) in [5, 5.41) is 36.8. The molecule has 0 unspecified atom stereocenters. The Labute approximate surface area is 447 Å². The molecule has 6 fully saturated rings. The summed E-state index contributed by atoms with van der Waals surface area (Å²) in [6.07, 6.45) is 13.8. The minimum absolute atomic E-state index is 0.0597. The lowest BCUT2D eigenvalue weighted by Crippen LogP contribution is -2.63. The van der Waals surface area contributed by atoms with E-state index in [1.165, 1.54) is 22.3 Å². The number of fused-ring (bicyclic) bond motifs is 9. The van der Waals surface area contributed by atoms with Gasteiger partial charge >= 0.3 is 18.0 Å². The number of nitrogens with one attached hydrogen (secondary N) is 1. The quantitative estimate of drug-likeness (QED) is 0.0748. The maximum absolute atomic E-state index is 13.8. The summed E-state index contributed by atoms with van der Waals surface area (Å²) in [6.45, 7) is 18.0. The molecule has 1 aromatic carbocycles. The van der Waals surface area contributed by atoms with Gasteiger partial charge in [0.25, 0.3) is 0 Å². The van der Waals surface area contributed by atoms with Crippen molar-refractivity contribution >= 4 is 29.5 Å². The molecular formula is C63H90N2O10. The Morgan fingerprint density at radius 3 is 2.41 bits per heavy atom. The fraction of sp³-hybridized carbons (Fsp3) is 0.746. The molecule has 0 aromatic heterocycles. The van der Waals surface area contributed by atoms with Gasteiger partial charge in [-0.3, -0.25) is 14.4 Å². The van der Waals surface area contributed by atoms with E-state index in [9.17, 15) is 34.5 Å². The number of carboxylic acid groups (broad SMARTS) is 1. The van der Waals surface area contributed by atoms with Crippen LogP contribution in [0.2, 0.25) is 0 Å². The molecular weight excluding hydrogens is 945 g/mol. The molecule has 8 aliphatic carbocycles. The number of alkyl carbamates (subject to hydrolysis) is 1. The van der Waals surface area contributed by atoms with Gasteiger partial charge in [0.15, 0.2) is 5.78 Å². The highest BCUT2D eigenvalue weighted by molar-refractivity contribution is 5.93. The molecule has 8 aliphatic rings. The Balaban J connectivity index is 0.867. The van der Waals surface area contributed by atoms with Crippen molar-refractivity contribution in [3.8, 4) is 11.8 Å². The van der Waals surface area contributed by atoms with Crippen LogP contribution in [-0.4, -0.2) is 95.4 Å². The maximum Gasteiger partial charge on any atom is 0.407 e. The van der Waals surface area contributed by atoms with E-state index in [4.69, 9.17) is 14.2 Å². The predicted molar refractivity (Wildman–Crippen MR) is 289 cm³/mol. The van der Waals surface area contributed by atoms with Gasteiger partial charge in [0, 0.05) is 62.3 Å². The second-order valence-corrected chi connectivity index (χ2v) is 26.6. The molecule has 1 amide bonds. The van der Waals surface area contributed by atoms with Gasteiger partial charge in [0.2, 0.25) is 0 Å². The average molecular weight is 1040 g/mol. The highest BCUT2D eigenvalue weighted by atomic mass is 16.6. The van der Waals surface area contributed by atoms with E-state index in [0.29, 0.717) is 57.1 Å². The number of rotatable bonds is 15. The van der Waals surface area contributed by atoms with Crippen LogP contribution in [0.4, 0.5) is 10.5 Å². The molecule has 0 spiro atoms. The molecule has 12 nitrogen and oxygen atoms in total. The number of nitrogens with zero attached hydrogens (tertiary/aromatic N) is 1. The maximum atomic E-state index is 13.8. The van der Waals surface area contributed by atoms with Crippen molar-refractivity contribution in [1.82, 2.24) is 5.32 Å². The van der Waals surface area contributed by atoms with Crippen LogP contribution in [0.5, 0.6) is 0 Å². The second kappa shape index (κ2) is 21.6. The molecule has 0 saturated heterocycles. The number of amides is 1. The summed E-state index contributed by atoms with van der Waals surface area (Å²) < 4.78 is 18.8. The van der Waals surface area contributed by atoms with Gasteiger partial charge in [-0.1, -0.05) is 51.3 Å². The summed E-state index contributed by atoms with van der Waals surface area (Å²) >= 11 is 0. The number of benzene rings is 1. The second-order valence-electron chi connectivity index (χ2n) is 26.6. The zero-order valence-electron chi connectivity index (χ0n) is 46.8. The monoisotopic (exact) mass is 1030 g/mol. The highest BCUT2D eigenvalue weighted by Gasteiger charge is 2.67. The van der Waals surface area contributed by atoms with Crippen molar-refractivity contribution in [3.05, 3.63) is 52.6 Å². The van der Waals surface area contributed by atoms with Crippen LogP contribution in [-0.2, 0) is 28.6 Å². The van der Waals surface area contributed by atoms with Gasteiger partial charge < -0.3 is 39.7 Å². The number of aliphatic carboxylic acids is 1. The fourth-order valence-electron chi connectivity index (χ4n) is 17.7. The molecule has 6 saturated carbocycles. The number of carbonyl (C=O) groups is 4. The summed E-state index contributed by atoms with van der Waals surface area (Å²) in [6, 6.07) is 9.04. The molecule has 75 heavy (non-hydrogen) atoms. The number of aliphatic hydroxyl groups excluding tert-OH is 1. The van der Waals surface area contributed by atoms with Crippen LogP contribution in [0, 0.1) is 75.4 Å². The van der Waals surface area contributed by atoms with Crippen LogP contribution in [0.25, 0.3) is 0 Å². The van der Waals surface area contributed by atoms with E-state index < -0.39 is 34.8 Å². The molecule has 0 radical (unpaired) electrons. The molecule has 1 aromatic rings. The van der Waals surface area contributed by atoms with Gasteiger partial charge in [-0.25, -0.2) is 4.79 Å². The number of hydrogen-bond donors (Lipinski definition) is 4. The third kappa shape index (κ3) is 10.6. The van der Waals surface area contributed by atoms with Crippen molar-refractivity contribution in [1.29, 1.82) is 0 Å². The molecule has 4 N–H and O–H groups in total. The zero-order chi connectivity index (χ0) is 53.8. The van der Waals surface area contributed by atoms with Crippen molar-refractivity contribution in [2.24, 2.45) is 63.6 Å². The van der Waals surface area contributed by atoms with Crippen molar-refractivity contribution < 1.29 is 48.7 Å². The van der Waals surface area contributed by atoms with E-state index in [0.717, 1.165) is 82.9 Å². The van der Waals surface area contributed by atoms with Gasteiger partial charge in [-0.05, 0) is 211 Å². The van der Waals surface area contributed by atoms with Crippen LogP contribution in [0.1, 0.15) is 182 Å². The fourth-order valence-corrected chi connectivity index (χ4v) is 17.7. The third-order valence-electron chi connectivity index (χ3n) is 21.5. The van der Waals surface area contributed by atoms with Gasteiger partial charge in [0.05, 0.1) is 18.8 Å². The number of carboxylic acids is 1. The normalized spacial score (nSPS) is 38.2. The first-order chi connectivity index (χ1) is 35.5. The SMILES string of the molecule is CC#C[C@@]1(O)CC[C@H]2[C@@H]3CCC4=CC(=O)CCC4=C3[C@@H](c3ccc(N(C)CCO[C@H]4CC[C@@]5(C)[C@@H](C4)C[C@@H](OC(=O)CCCNC(=O)OC(C)(C)C)[C@@H]4[C@@H]5C[C@H](O)[C@]5(C)[C@@H]([C@H](C)CCC(=O)O)CC[C@@H]45)cc3)C[C@@]21C. The number of carbonyl (C=O) groups excluding carboxylic acids is 3. The van der Waals surface area contributed by atoms with Crippen molar-refractivity contribution in [2.45, 2.75) is 206 Å². The molecule has 9 rings (SSSR count). The first kappa shape index (κ1) is 55.6. The first-order valence-corrected chi connectivity index (χ1v) is 29.1. The van der Waals surface area contributed by atoms with E-state index in [-0.39, 0.29) is 89.1 Å². The Bertz CT molecular complexity index is 2450. The Morgan fingerprint density at radius 1 is 0.933 bits per heavy atom. The number of hydrogen-bond acceptors (Lipinski definition) is 10. The van der Waals surface area contributed by atoms with Crippen molar-refractivity contribution in [3.63, 3.8) is 0 Å². The molecule has 0 heterocycles.